The summed E-state index contributed by atoms with van der Waals surface area (Å²) in [6.07, 6.45) is 1.04. The Bertz CT molecular complexity index is 976. The van der Waals surface area contributed by atoms with E-state index in [9.17, 15) is 13.2 Å². The van der Waals surface area contributed by atoms with Gasteiger partial charge in [-0.05, 0) is 50.1 Å². The first-order valence-corrected chi connectivity index (χ1v) is 10.9. The number of benzene rings is 2. The Hall–Kier alpha value is -2.25. The fourth-order valence-corrected chi connectivity index (χ4v) is 4.06. The van der Waals surface area contributed by atoms with Crippen LogP contribution in [0.2, 0.25) is 5.02 Å². The van der Waals surface area contributed by atoms with Crippen LogP contribution in [0, 0.1) is 13.8 Å². The zero-order chi connectivity index (χ0) is 21.1. The highest BCUT2D eigenvalue weighted by atomic mass is 35.5. The minimum Gasteiger partial charge on any atom is -0.495 e. The van der Waals surface area contributed by atoms with E-state index in [1.54, 1.807) is 12.1 Å². The number of rotatable bonds is 7. The number of sulfonamides is 1. The molecule has 0 spiro atoms. The van der Waals surface area contributed by atoms with Gasteiger partial charge in [-0.2, -0.15) is 0 Å². The Morgan fingerprint density at radius 2 is 1.89 bits per heavy atom. The molecule has 0 aliphatic carbocycles. The predicted molar refractivity (Wildman–Crippen MR) is 113 cm³/mol. The SMILES string of the molecule is COc1ccc(Cl)cc1N(CC(=O)NC(C)c1ccc(C)cc1C)S(C)(=O)=O. The molecule has 0 radical (unpaired) electrons. The van der Waals surface area contributed by atoms with Crippen LogP contribution in [0.15, 0.2) is 36.4 Å². The number of amides is 1. The lowest BCUT2D eigenvalue weighted by atomic mass is 10.0. The number of ether oxygens (including phenoxy) is 1. The summed E-state index contributed by atoms with van der Waals surface area (Å²) in [5.41, 5.74) is 3.39. The van der Waals surface area contributed by atoms with Crippen LogP contribution in [0.5, 0.6) is 5.75 Å². The molecule has 1 amide bonds. The van der Waals surface area contributed by atoms with Crippen LogP contribution < -0.4 is 14.4 Å². The molecular weight excluding hydrogens is 400 g/mol. The number of carbonyl (C=O) groups excluding carboxylic acids is 1. The predicted octanol–water partition coefficient (Wildman–Crippen LogP) is 3.61. The second-order valence-electron chi connectivity index (χ2n) is 6.74. The summed E-state index contributed by atoms with van der Waals surface area (Å²) in [5, 5.41) is 3.20. The third-order valence-electron chi connectivity index (χ3n) is 4.37. The first-order chi connectivity index (χ1) is 13.0. The molecule has 0 bridgehead atoms. The smallest absolute Gasteiger partial charge is 0.241 e. The van der Waals surface area contributed by atoms with Crippen molar-refractivity contribution in [3.8, 4) is 5.75 Å². The Labute approximate surface area is 171 Å². The molecule has 1 atom stereocenters. The summed E-state index contributed by atoms with van der Waals surface area (Å²) in [6, 6.07) is 10.3. The minimum absolute atomic E-state index is 0.215. The normalized spacial score (nSPS) is 12.4. The van der Waals surface area contributed by atoms with Gasteiger partial charge in [-0.15, -0.1) is 0 Å². The van der Waals surface area contributed by atoms with Gasteiger partial charge in [-0.25, -0.2) is 8.42 Å². The fourth-order valence-electron chi connectivity index (χ4n) is 3.05. The molecule has 0 fully saturated rings. The van der Waals surface area contributed by atoms with Crippen molar-refractivity contribution in [3.05, 3.63) is 58.1 Å². The first-order valence-electron chi connectivity index (χ1n) is 8.70. The molecule has 8 heteroatoms. The highest BCUT2D eigenvalue weighted by Crippen LogP contribution is 2.32. The summed E-state index contributed by atoms with van der Waals surface area (Å²) in [6.45, 7) is 5.46. The van der Waals surface area contributed by atoms with E-state index in [1.807, 2.05) is 39.0 Å². The van der Waals surface area contributed by atoms with Crippen molar-refractivity contribution in [1.82, 2.24) is 5.32 Å². The maximum atomic E-state index is 12.6. The van der Waals surface area contributed by atoms with Crippen molar-refractivity contribution in [1.29, 1.82) is 0 Å². The molecule has 2 rings (SSSR count). The topological polar surface area (TPSA) is 75.7 Å². The van der Waals surface area contributed by atoms with Gasteiger partial charge in [-0.3, -0.25) is 9.10 Å². The molecule has 1 N–H and O–H groups in total. The number of nitrogens with one attached hydrogen (secondary N) is 1. The molecule has 28 heavy (non-hydrogen) atoms. The summed E-state index contributed by atoms with van der Waals surface area (Å²) >= 11 is 6.02. The maximum Gasteiger partial charge on any atom is 0.241 e. The maximum absolute atomic E-state index is 12.6. The summed E-state index contributed by atoms with van der Waals surface area (Å²) in [7, 11) is -2.32. The van der Waals surface area contributed by atoms with Gasteiger partial charge in [0.15, 0.2) is 0 Å². The molecule has 6 nitrogen and oxygen atoms in total. The van der Waals surface area contributed by atoms with Crippen molar-refractivity contribution < 1.29 is 17.9 Å². The molecule has 0 saturated carbocycles. The summed E-state index contributed by atoms with van der Waals surface area (Å²) in [4.78, 5) is 12.6. The quantitative estimate of drug-likeness (QED) is 0.736. The van der Waals surface area contributed by atoms with E-state index in [2.05, 4.69) is 5.32 Å². The fraction of sp³-hybridized carbons (Fsp3) is 0.350. The number of nitrogens with zero attached hydrogens (tertiary/aromatic N) is 1. The van der Waals surface area contributed by atoms with Gasteiger partial charge in [0, 0.05) is 5.02 Å². The van der Waals surface area contributed by atoms with E-state index in [4.69, 9.17) is 16.3 Å². The van der Waals surface area contributed by atoms with E-state index >= 15 is 0 Å². The first kappa shape index (κ1) is 22.0. The van der Waals surface area contributed by atoms with Crippen molar-refractivity contribution in [2.75, 3.05) is 24.2 Å². The van der Waals surface area contributed by atoms with Crippen LogP contribution in [0.3, 0.4) is 0 Å². The molecule has 1 unspecified atom stereocenters. The average Bonchev–Trinajstić information content (AvgIpc) is 2.58. The van der Waals surface area contributed by atoms with Gasteiger partial charge in [-0.1, -0.05) is 35.4 Å². The van der Waals surface area contributed by atoms with E-state index in [0.29, 0.717) is 10.8 Å². The lowest BCUT2D eigenvalue weighted by Crippen LogP contribution is -2.41. The van der Waals surface area contributed by atoms with E-state index in [0.717, 1.165) is 27.3 Å². The van der Waals surface area contributed by atoms with Crippen molar-refractivity contribution >= 4 is 33.2 Å². The number of halogens is 1. The van der Waals surface area contributed by atoms with Crippen LogP contribution in [0.1, 0.15) is 29.7 Å². The van der Waals surface area contributed by atoms with E-state index < -0.39 is 15.9 Å². The number of methoxy groups -OCH3 is 1. The van der Waals surface area contributed by atoms with Crippen LogP contribution in [0.25, 0.3) is 0 Å². The number of hydrogen-bond donors (Lipinski definition) is 1. The molecule has 0 aromatic heterocycles. The highest BCUT2D eigenvalue weighted by molar-refractivity contribution is 7.92. The Morgan fingerprint density at radius 3 is 2.46 bits per heavy atom. The van der Waals surface area contributed by atoms with Crippen molar-refractivity contribution in [3.63, 3.8) is 0 Å². The second kappa shape index (κ2) is 8.84. The van der Waals surface area contributed by atoms with Crippen LogP contribution >= 0.6 is 11.6 Å². The van der Waals surface area contributed by atoms with Gasteiger partial charge < -0.3 is 10.1 Å². The van der Waals surface area contributed by atoms with Gasteiger partial charge >= 0.3 is 0 Å². The van der Waals surface area contributed by atoms with Crippen LogP contribution in [-0.4, -0.2) is 34.2 Å². The van der Waals surface area contributed by atoms with Crippen molar-refractivity contribution in [2.45, 2.75) is 26.8 Å². The monoisotopic (exact) mass is 424 g/mol. The summed E-state index contributed by atoms with van der Waals surface area (Å²) in [5.74, 6) is -0.120. The van der Waals surface area contributed by atoms with Gasteiger partial charge in [0.25, 0.3) is 0 Å². The molecule has 0 aliphatic heterocycles. The Balaban J connectivity index is 2.26. The number of carbonyl (C=O) groups is 1. The Morgan fingerprint density at radius 1 is 1.21 bits per heavy atom. The lowest BCUT2D eigenvalue weighted by molar-refractivity contribution is -0.120. The summed E-state index contributed by atoms with van der Waals surface area (Å²) < 4.78 is 30.9. The molecule has 2 aromatic rings. The van der Waals surface area contributed by atoms with Crippen LogP contribution in [-0.2, 0) is 14.8 Å². The number of aryl methyl sites for hydroxylation is 2. The van der Waals surface area contributed by atoms with E-state index in [-0.39, 0.29) is 18.3 Å². The Kier molecular flexibility index (Phi) is 6.96. The molecule has 0 saturated heterocycles. The third kappa shape index (κ3) is 5.39. The third-order valence-corrected chi connectivity index (χ3v) is 5.73. The number of hydrogen-bond acceptors (Lipinski definition) is 4. The molecule has 0 aliphatic rings. The van der Waals surface area contributed by atoms with E-state index in [1.165, 1.54) is 13.2 Å². The van der Waals surface area contributed by atoms with Gasteiger partial charge in [0.2, 0.25) is 15.9 Å². The highest BCUT2D eigenvalue weighted by Gasteiger charge is 2.25. The number of anilines is 1. The zero-order valence-corrected chi connectivity index (χ0v) is 18.2. The van der Waals surface area contributed by atoms with Gasteiger partial charge in [0.1, 0.15) is 12.3 Å². The van der Waals surface area contributed by atoms with Gasteiger partial charge in [0.05, 0.1) is 25.1 Å². The lowest BCUT2D eigenvalue weighted by Gasteiger charge is -2.25. The minimum atomic E-state index is -3.74. The van der Waals surface area contributed by atoms with Crippen molar-refractivity contribution in [2.24, 2.45) is 0 Å². The largest absolute Gasteiger partial charge is 0.495 e. The van der Waals surface area contributed by atoms with Crippen LogP contribution in [0.4, 0.5) is 5.69 Å². The second-order valence-corrected chi connectivity index (χ2v) is 9.08. The molecule has 0 heterocycles. The zero-order valence-electron chi connectivity index (χ0n) is 16.6. The molecule has 2 aromatic carbocycles. The molecular formula is C20H25ClN2O4S. The molecule has 152 valence electrons. The average molecular weight is 425 g/mol. The standard InChI is InChI=1S/C20H25ClN2O4S/c1-13-6-8-17(14(2)10-13)15(3)22-20(24)12-23(28(5,25)26)18-11-16(21)7-9-19(18)27-4/h6-11,15H,12H2,1-5H3,(H,22,24).